The number of halogens is 1. The minimum absolute atomic E-state index is 0. The molecule has 0 saturated heterocycles. The Labute approximate surface area is 113 Å². The summed E-state index contributed by atoms with van der Waals surface area (Å²) in [6.07, 6.45) is 0. The first-order chi connectivity index (χ1) is 2.00. The van der Waals surface area contributed by atoms with E-state index in [9.17, 15) is 0 Å². The molecule has 0 aromatic rings. The Morgan fingerprint density at radius 2 is 1.12 bits per heavy atom. The summed E-state index contributed by atoms with van der Waals surface area (Å²) in [4.78, 5) is 25.6. The van der Waals surface area contributed by atoms with E-state index in [2.05, 4.69) is 0 Å². The third-order valence-electron chi connectivity index (χ3n) is 0. The summed E-state index contributed by atoms with van der Waals surface area (Å²) in [5.41, 5.74) is 0. The third kappa shape index (κ3) is 68.8. The first-order valence-corrected chi connectivity index (χ1v) is 2.19. The van der Waals surface area contributed by atoms with Crippen LogP contribution in [0, 0.1) is 0 Å². The summed E-state index contributed by atoms with van der Waals surface area (Å²) in [5.74, 6) is 0. The summed E-state index contributed by atoms with van der Waals surface area (Å²) in [5, 5.41) is 0. The number of hydrogen-bond donors (Lipinski definition) is 0. The second-order valence-electron chi connectivity index (χ2n) is 0.447. The Balaban J connectivity index is -0.0000000267. The van der Waals surface area contributed by atoms with Crippen molar-refractivity contribution in [2.45, 2.75) is 0 Å². The molecule has 8 heteroatoms. The van der Waals surface area contributed by atoms with E-state index in [0.717, 1.165) is 0 Å². The van der Waals surface area contributed by atoms with Gasteiger partial charge in [-0.15, -0.1) is 0 Å². The molecule has 4 nitrogen and oxygen atoms in total. The van der Waals surface area contributed by atoms with Crippen molar-refractivity contribution in [1.82, 2.24) is 0 Å². The second-order valence-corrected chi connectivity index (χ2v) is 1.34. The molecule has 8 heavy (non-hydrogen) atoms. The van der Waals surface area contributed by atoms with Crippen LogP contribution in [0.1, 0.15) is 0 Å². The molecule has 0 aromatic heterocycles. The topological polar surface area (TPSA) is 86.2 Å². The SMILES string of the molecule is O=P([O-])([O-])[O-].[Ca+2].[F-].[Sr+2]. The Hall–Kier alpha value is 2.78. The van der Waals surface area contributed by atoms with Gasteiger partial charge in [0.1, 0.15) is 0 Å². The van der Waals surface area contributed by atoms with Gasteiger partial charge in [0.2, 0.25) is 0 Å². The van der Waals surface area contributed by atoms with Crippen LogP contribution in [0.15, 0.2) is 0 Å². The van der Waals surface area contributed by atoms with Crippen LogP contribution in [0.25, 0.3) is 0 Å². The molecule has 0 spiro atoms. The van der Waals surface area contributed by atoms with Gasteiger partial charge >= 0.3 is 83.2 Å². The predicted molar refractivity (Wildman–Crippen MR) is 19.1 cm³/mol. The molecule has 0 radical (unpaired) electrons. The van der Waals surface area contributed by atoms with E-state index in [-0.39, 0.29) is 87.9 Å². The molecule has 0 bridgehead atoms. The molecule has 0 heterocycles. The molecule has 0 aliphatic heterocycles. The molecule has 0 unspecified atom stereocenters. The first kappa shape index (κ1) is 22.4. The van der Waals surface area contributed by atoms with E-state index in [4.69, 9.17) is 19.2 Å². The van der Waals surface area contributed by atoms with Gasteiger partial charge in [0.15, 0.2) is 0 Å². The molecule has 0 amide bonds. The molecular formula is CaFO4PSr. The van der Waals surface area contributed by atoms with Gasteiger partial charge in [-0.1, -0.05) is 0 Å². The molecule has 0 N–H and O–H groups in total. The molecular weight excluding hydrogens is 242 g/mol. The zero-order valence-electron chi connectivity index (χ0n) is 3.87. The summed E-state index contributed by atoms with van der Waals surface area (Å²) in [6, 6.07) is 0. The molecule has 0 aromatic carbocycles. The Kier molecular flexibility index (Phi) is 27.4. The monoisotopic (exact) mass is 242 g/mol. The quantitative estimate of drug-likeness (QED) is 0.312. The summed E-state index contributed by atoms with van der Waals surface area (Å²) >= 11 is 0. The van der Waals surface area contributed by atoms with Crippen LogP contribution in [0.3, 0.4) is 0 Å². The zero-order valence-corrected chi connectivity index (χ0v) is 10.5. The van der Waals surface area contributed by atoms with E-state index in [0.29, 0.717) is 0 Å². The molecule has 40 valence electrons. The van der Waals surface area contributed by atoms with E-state index in [1.807, 2.05) is 0 Å². The van der Waals surface area contributed by atoms with Gasteiger partial charge in [-0.2, -0.15) is 7.82 Å². The van der Waals surface area contributed by atoms with Crippen molar-refractivity contribution in [2.75, 3.05) is 0 Å². The van der Waals surface area contributed by atoms with Crippen molar-refractivity contribution >= 4 is 91.0 Å². The van der Waals surface area contributed by atoms with Gasteiger partial charge in [-0.25, -0.2) is 0 Å². The van der Waals surface area contributed by atoms with Crippen LogP contribution >= 0.6 is 7.82 Å². The fourth-order valence-corrected chi connectivity index (χ4v) is 0. The molecule has 0 saturated carbocycles. The number of hydrogen-bond acceptors (Lipinski definition) is 4. The third-order valence-corrected chi connectivity index (χ3v) is 0. The molecule has 0 aliphatic rings. The summed E-state index contributed by atoms with van der Waals surface area (Å²) < 4.78 is 8.55. The maximum Gasteiger partial charge on any atom is 2.00 e. The van der Waals surface area contributed by atoms with Gasteiger partial charge in [-0.3, -0.25) is 0 Å². The van der Waals surface area contributed by atoms with Crippen LogP contribution in [0.2, 0.25) is 0 Å². The van der Waals surface area contributed by atoms with Gasteiger partial charge in [-0.05, 0) is 0 Å². The van der Waals surface area contributed by atoms with Crippen LogP contribution in [0.5, 0.6) is 0 Å². The average Bonchev–Trinajstić information content (AvgIpc) is 0.722. The molecule has 0 aliphatic carbocycles. The largest absolute Gasteiger partial charge is 2.00 e. The maximum atomic E-state index is 8.55. The standard InChI is InChI=1S/Ca.FH.H3O4P.Sr/c;;1-5(2,3)4;/h;1H;(H3,1,2,3,4);/q+2;;;+2/p-4. The number of rotatable bonds is 0. The summed E-state index contributed by atoms with van der Waals surface area (Å²) in [6.45, 7) is 0. The fraction of sp³-hybridized carbons (Fsp3) is 0. The van der Waals surface area contributed by atoms with E-state index >= 15 is 0 Å². The van der Waals surface area contributed by atoms with Crippen molar-refractivity contribution in [3.8, 4) is 0 Å². The Morgan fingerprint density at radius 1 is 1.12 bits per heavy atom. The van der Waals surface area contributed by atoms with Gasteiger partial charge in [0.25, 0.3) is 0 Å². The van der Waals surface area contributed by atoms with Crippen LogP contribution in [-0.2, 0) is 4.57 Å². The Bertz CT molecular complexity index is 62.2. The first-order valence-electron chi connectivity index (χ1n) is 0.730. The normalized spacial score (nSPS) is 7.38. The van der Waals surface area contributed by atoms with Gasteiger partial charge < -0.3 is 23.9 Å². The van der Waals surface area contributed by atoms with Crippen molar-refractivity contribution in [1.29, 1.82) is 0 Å². The molecule has 0 atom stereocenters. The van der Waals surface area contributed by atoms with Crippen LogP contribution < -0.4 is 19.4 Å². The average molecular weight is 242 g/mol. The van der Waals surface area contributed by atoms with Gasteiger partial charge in [0, 0.05) is 0 Å². The van der Waals surface area contributed by atoms with Gasteiger partial charge in [0.05, 0.1) is 0 Å². The van der Waals surface area contributed by atoms with Crippen molar-refractivity contribution in [3.05, 3.63) is 0 Å². The summed E-state index contributed by atoms with van der Waals surface area (Å²) in [7, 11) is -5.39. The van der Waals surface area contributed by atoms with Crippen molar-refractivity contribution < 1.29 is 23.9 Å². The molecule has 0 rings (SSSR count). The fourth-order valence-electron chi connectivity index (χ4n) is 0. The van der Waals surface area contributed by atoms with E-state index in [1.165, 1.54) is 0 Å². The smallest absolute Gasteiger partial charge is 1.00 e. The zero-order chi connectivity index (χ0) is 4.50. The minimum Gasteiger partial charge on any atom is -1.00 e. The van der Waals surface area contributed by atoms with Crippen LogP contribution in [-0.4, -0.2) is 83.2 Å². The number of phosphoric acid groups is 1. The van der Waals surface area contributed by atoms with E-state index < -0.39 is 7.82 Å². The van der Waals surface area contributed by atoms with E-state index in [1.54, 1.807) is 0 Å². The minimum atomic E-state index is -5.39. The Morgan fingerprint density at radius 3 is 1.12 bits per heavy atom. The second kappa shape index (κ2) is 9.78. The maximum absolute atomic E-state index is 8.55. The van der Waals surface area contributed by atoms with Crippen LogP contribution in [0.4, 0.5) is 0 Å². The van der Waals surface area contributed by atoms with Crippen molar-refractivity contribution in [3.63, 3.8) is 0 Å². The molecule has 0 fully saturated rings. The van der Waals surface area contributed by atoms with Crippen molar-refractivity contribution in [2.24, 2.45) is 0 Å². The predicted octanol–water partition coefficient (Wildman–Crippen LogP) is -6.58.